The van der Waals surface area contributed by atoms with Gasteiger partial charge in [0.2, 0.25) is 0 Å². The summed E-state index contributed by atoms with van der Waals surface area (Å²) in [7, 11) is 1.48. The van der Waals surface area contributed by atoms with Crippen LogP contribution in [-0.2, 0) is 16.0 Å². The zero-order valence-electron chi connectivity index (χ0n) is 13.6. The molecule has 4 nitrogen and oxygen atoms in total. The average molecular weight is 310 g/mol. The van der Waals surface area contributed by atoms with Crippen LogP contribution in [0.2, 0.25) is 0 Å². The van der Waals surface area contributed by atoms with Gasteiger partial charge in [-0.3, -0.25) is 9.69 Å². The van der Waals surface area contributed by atoms with Crippen molar-refractivity contribution in [3.63, 3.8) is 0 Å². The van der Waals surface area contributed by atoms with Gasteiger partial charge in [0.25, 0.3) is 0 Å². The number of esters is 1. The third-order valence-corrected chi connectivity index (χ3v) is 5.14. The lowest BCUT2D eigenvalue weighted by Crippen LogP contribution is -2.47. The Morgan fingerprint density at radius 2 is 2.30 bits per heavy atom. The predicted molar refractivity (Wildman–Crippen MR) is 91.1 cm³/mol. The van der Waals surface area contributed by atoms with E-state index in [1.807, 2.05) is 0 Å². The number of nitrogens with zero attached hydrogens (tertiary/aromatic N) is 1. The van der Waals surface area contributed by atoms with Gasteiger partial charge in [-0.15, -0.1) is 0 Å². The Hall–Kier alpha value is -2.07. The molecular formula is C19H22N2O2. The number of aromatic nitrogens is 1. The third kappa shape index (κ3) is 2.20. The van der Waals surface area contributed by atoms with Crippen molar-refractivity contribution < 1.29 is 9.53 Å². The Kier molecular flexibility index (Phi) is 3.49. The number of H-pyrrole nitrogens is 1. The Balaban J connectivity index is 1.86. The summed E-state index contributed by atoms with van der Waals surface area (Å²) < 4.78 is 5.01. The molecule has 0 bridgehead atoms. The summed E-state index contributed by atoms with van der Waals surface area (Å²) in [5, 5.41) is 1.32. The molecule has 2 atom stereocenters. The second-order valence-corrected chi connectivity index (χ2v) is 6.51. The Morgan fingerprint density at radius 1 is 1.43 bits per heavy atom. The number of benzene rings is 1. The molecule has 0 saturated carbocycles. The number of hydrogen-bond donors (Lipinski definition) is 1. The van der Waals surface area contributed by atoms with E-state index in [9.17, 15) is 4.79 Å². The van der Waals surface area contributed by atoms with Gasteiger partial charge in [-0.2, -0.15) is 0 Å². The summed E-state index contributed by atoms with van der Waals surface area (Å²) >= 11 is 0. The minimum Gasteiger partial charge on any atom is -0.469 e. The molecule has 0 amide bonds. The highest BCUT2D eigenvalue weighted by molar-refractivity contribution is 5.99. The third-order valence-electron chi connectivity index (χ3n) is 5.14. The summed E-state index contributed by atoms with van der Waals surface area (Å²) in [6, 6.07) is 6.76. The summed E-state index contributed by atoms with van der Waals surface area (Å²) in [5.74, 6) is -0.308. The minimum absolute atomic E-state index is 0.135. The maximum atomic E-state index is 12.1. The van der Waals surface area contributed by atoms with Gasteiger partial charge < -0.3 is 9.72 Å². The van der Waals surface area contributed by atoms with Crippen molar-refractivity contribution >= 4 is 22.4 Å². The van der Waals surface area contributed by atoms with E-state index in [2.05, 4.69) is 47.3 Å². The summed E-state index contributed by atoms with van der Waals surface area (Å²) in [6.07, 6.45) is 6.38. The van der Waals surface area contributed by atoms with Crippen LogP contribution in [0.4, 0.5) is 0 Å². The van der Waals surface area contributed by atoms with Crippen molar-refractivity contribution in [3.8, 4) is 0 Å². The quantitative estimate of drug-likeness (QED) is 0.887. The Morgan fingerprint density at radius 3 is 3.09 bits per heavy atom. The van der Waals surface area contributed by atoms with E-state index in [-0.39, 0.29) is 11.9 Å². The first-order valence-electron chi connectivity index (χ1n) is 8.36. The molecule has 1 aliphatic heterocycles. The van der Waals surface area contributed by atoms with E-state index in [1.165, 1.54) is 34.7 Å². The number of hydrogen-bond acceptors (Lipinski definition) is 3. The Labute approximate surface area is 136 Å². The van der Waals surface area contributed by atoms with Gasteiger partial charge in [0, 0.05) is 29.7 Å². The van der Waals surface area contributed by atoms with E-state index in [1.54, 1.807) is 0 Å². The van der Waals surface area contributed by atoms with Crippen LogP contribution in [0.1, 0.15) is 24.5 Å². The molecule has 2 aromatic rings. The monoisotopic (exact) mass is 310 g/mol. The lowest BCUT2D eigenvalue weighted by atomic mass is 9.79. The van der Waals surface area contributed by atoms with E-state index in [0.717, 1.165) is 25.9 Å². The van der Waals surface area contributed by atoms with E-state index < -0.39 is 0 Å². The molecule has 4 rings (SSSR count). The predicted octanol–water partition coefficient (Wildman–Crippen LogP) is 2.99. The van der Waals surface area contributed by atoms with Crippen molar-refractivity contribution in [1.82, 2.24) is 9.88 Å². The molecule has 1 N–H and O–H groups in total. The highest BCUT2D eigenvalue weighted by Crippen LogP contribution is 2.41. The molecule has 23 heavy (non-hydrogen) atoms. The fourth-order valence-electron chi connectivity index (χ4n) is 4.16. The molecule has 1 unspecified atom stereocenters. The maximum absolute atomic E-state index is 12.1. The number of aromatic amines is 1. The van der Waals surface area contributed by atoms with Gasteiger partial charge in [-0.1, -0.05) is 25.1 Å². The van der Waals surface area contributed by atoms with Crippen LogP contribution in [0.3, 0.4) is 0 Å². The van der Waals surface area contributed by atoms with Gasteiger partial charge in [-0.05, 0) is 42.2 Å². The summed E-state index contributed by atoms with van der Waals surface area (Å²) in [4.78, 5) is 18.0. The first-order valence-corrected chi connectivity index (χ1v) is 8.36. The molecule has 0 saturated heterocycles. The molecule has 1 aromatic carbocycles. The second-order valence-electron chi connectivity index (χ2n) is 6.51. The first-order chi connectivity index (χ1) is 11.2. The van der Waals surface area contributed by atoms with E-state index in [4.69, 9.17) is 4.74 Å². The molecule has 4 heteroatoms. The van der Waals surface area contributed by atoms with Crippen LogP contribution in [-0.4, -0.2) is 42.1 Å². The molecule has 2 aliphatic rings. The number of carbonyl (C=O) groups excluding carboxylic acids is 1. The number of methoxy groups -OCH3 is 1. The largest absolute Gasteiger partial charge is 0.469 e. The molecule has 2 heterocycles. The van der Waals surface area contributed by atoms with Crippen LogP contribution in [0.25, 0.3) is 16.5 Å². The average Bonchev–Trinajstić information content (AvgIpc) is 2.99. The Bertz CT molecular complexity index is 790. The van der Waals surface area contributed by atoms with E-state index in [0.29, 0.717) is 6.04 Å². The SMILES string of the molecule is CCCN1CC(C(=O)OC)C=C2c3cccc4[nH]cc(c34)C[C@H]21. The number of rotatable bonds is 3. The van der Waals surface area contributed by atoms with E-state index >= 15 is 0 Å². The topological polar surface area (TPSA) is 45.3 Å². The van der Waals surface area contributed by atoms with Gasteiger partial charge in [0.05, 0.1) is 13.0 Å². The van der Waals surface area contributed by atoms with Gasteiger partial charge >= 0.3 is 5.97 Å². The summed E-state index contributed by atoms with van der Waals surface area (Å²) in [5.41, 5.74) is 5.12. The zero-order valence-corrected chi connectivity index (χ0v) is 13.6. The van der Waals surface area contributed by atoms with Crippen molar-refractivity contribution in [3.05, 3.63) is 41.6 Å². The normalized spacial score (nSPS) is 23.5. The number of fused-ring (bicyclic) bond motifs is 2. The fourth-order valence-corrected chi connectivity index (χ4v) is 4.16. The van der Waals surface area contributed by atoms with Crippen molar-refractivity contribution in [2.75, 3.05) is 20.2 Å². The molecule has 1 aromatic heterocycles. The van der Waals surface area contributed by atoms with Gasteiger partial charge in [0.1, 0.15) is 0 Å². The number of carbonyl (C=O) groups is 1. The summed E-state index contributed by atoms with van der Waals surface area (Å²) in [6.45, 7) is 3.95. The minimum atomic E-state index is -0.173. The van der Waals surface area contributed by atoms with Crippen LogP contribution in [0, 0.1) is 5.92 Å². The van der Waals surface area contributed by atoms with Crippen molar-refractivity contribution in [2.45, 2.75) is 25.8 Å². The second kappa shape index (κ2) is 5.53. The molecule has 0 fully saturated rings. The maximum Gasteiger partial charge on any atom is 0.313 e. The first kappa shape index (κ1) is 14.5. The van der Waals surface area contributed by atoms with Gasteiger partial charge in [0.15, 0.2) is 0 Å². The van der Waals surface area contributed by atoms with Crippen LogP contribution >= 0.6 is 0 Å². The highest BCUT2D eigenvalue weighted by atomic mass is 16.5. The molecule has 120 valence electrons. The van der Waals surface area contributed by atoms with Crippen LogP contribution < -0.4 is 0 Å². The molecule has 0 spiro atoms. The molecule has 1 aliphatic carbocycles. The molecular weight excluding hydrogens is 288 g/mol. The fraction of sp³-hybridized carbons (Fsp3) is 0.421. The standard InChI is InChI=1S/C19H22N2O2/c1-3-7-21-11-13(19(22)23-2)8-15-14-5-4-6-16-18(14)12(10-20-16)9-17(15)21/h4-6,8,10,13,17,20H,3,7,9,11H2,1-2H3/t13?,17-/m1/s1. The molecule has 0 radical (unpaired) electrons. The van der Waals surface area contributed by atoms with Crippen LogP contribution in [0.15, 0.2) is 30.5 Å². The van der Waals surface area contributed by atoms with Gasteiger partial charge in [-0.25, -0.2) is 0 Å². The lowest BCUT2D eigenvalue weighted by Gasteiger charge is -2.41. The lowest BCUT2D eigenvalue weighted by molar-refractivity contribution is -0.144. The van der Waals surface area contributed by atoms with Crippen LogP contribution in [0.5, 0.6) is 0 Å². The van der Waals surface area contributed by atoms with Crippen molar-refractivity contribution in [1.29, 1.82) is 0 Å². The van der Waals surface area contributed by atoms with Crippen molar-refractivity contribution in [2.24, 2.45) is 5.92 Å². The highest BCUT2D eigenvalue weighted by Gasteiger charge is 2.37. The number of ether oxygens (including phenoxy) is 1. The smallest absolute Gasteiger partial charge is 0.313 e. The zero-order chi connectivity index (χ0) is 16.0. The number of nitrogens with one attached hydrogen (secondary N) is 1.